The van der Waals surface area contributed by atoms with Gasteiger partial charge >= 0.3 is 12.1 Å². The van der Waals surface area contributed by atoms with Gasteiger partial charge in [-0.3, -0.25) is 9.69 Å². The number of hydrogen-bond donors (Lipinski definition) is 2. The summed E-state index contributed by atoms with van der Waals surface area (Å²) in [6.07, 6.45) is -4.90. The molecule has 0 aromatic heterocycles. The summed E-state index contributed by atoms with van der Waals surface area (Å²) < 4.78 is 36.9. The Morgan fingerprint density at radius 3 is 2.52 bits per heavy atom. The summed E-state index contributed by atoms with van der Waals surface area (Å²) in [6, 6.07) is 8.82. The van der Waals surface area contributed by atoms with Crippen molar-refractivity contribution in [1.82, 2.24) is 10.2 Å². The van der Waals surface area contributed by atoms with E-state index in [1.807, 2.05) is 40.5 Å². The monoisotopic (exact) mass is 302 g/mol. The second kappa shape index (κ2) is 6.44. The van der Waals surface area contributed by atoms with Crippen molar-refractivity contribution in [1.29, 1.82) is 0 Å². The first-order chi connectivity index (χ1) is 9.90. The van der Waals surface area contributed by atoms with E-state index in [4.69, 9.17) is 0 Å². The number of nitrogens with one attached hydrogen (secondary N) is 1. The van der Waals surface area contributed by atoms with Crippen LogP contribution in [0.5, 0.6) is 0 Å². The third-order valence-electron chi connectivity index (χ3n) is 3.57. The molecule has 0 radical (unpaired) electrons. The number of hydrogen-bond acceptors (Lipinski definition) is 3. The highest BCUT2D eigenvalue weighted by Crippen LogP contribution is 2.21. The maximum atomic E-state index is 12.3. The van der Waals surface area contributed by atoms with E-state index in [1.165, 1.54) is 0 Å². The second-order valence-corrected chi connectivity index (χ2v) is 5.20. The molecule has 0 spiro atoms. The average Bonchev–Trinajstić information content (AvgIpc) is 2.80. The molecule has 2 N–H and O–H groups in total. The molecule has 1 aliphatic heterocycles. The van der Waals surface area contributed by atoms with Crippen LogP contribution < -0.4 is 5.32 Å². The molecule has 1 aromatic rings. The van der Waals surface area contributed by atoms with Crippen LogP contribution in [0.3, 0.4) is 0 Å². The summed E-state index contributed by atoms with van der Waals surface area (Å²) in [5.74, 6) is -2.34. The first-order valence-electron chi connectivity index (χ1n) is 6.65. The number of alkyl halides is 3. The Hall–Kier alpha value is -1.60. The van der Waals surface area contributed by atoms with Crippen molar-refractivity contribution in [3.63, 3.8) is 0 Å². The maximum Gasteiger partial charge on any atom is 0.471 e. The third-order valence-corrected chi connectivity index (χ3v) is 3.57. The second-order valence-electron chi connectivity index (χ2n) is 5.20. The lowest BCUT2D eigenvalue weighted by Gasteiger charge is -2.19. The van der Waals surface area contributed by atoms with E-state index in [1.54, 1.807) is 0 Å². The van der Waals surface area contributed by atoms with Crippen molar-refractivity contribution < 1.29 is 23.1 Å². The predicted molar refractivity (Wildman–Crippen MR) is 70.3 cm³/mol. The van der Waals surface area contributed by atoms with Gasteiger partial charge < -0.3 is 10.4 Å². The maximum absolute atomic E-state index is 12.3. The zero-order valence-electron chi connectivity index (χ0n) is 11.3. The van der Waals surface area contributed by atoms with Crippen molar-refractivity contribution in [2.24, 2.45) is 5.92 Å². The molecular formula is C14H17F3N2O2. The molecule has 7 heteroatoms. The summed E-state index contributed by atoms with van der Waals surface area (Å²) in [5.41, 5.74) is 1.04. The van der Waals surface area contributed by atoms with Gasteiger partial charge in [-0.1, -0.05) is 30.3 Å². The SMILES string of the molecule is O=C(NC1CN(Cc2ccccc2)C[C@@H]1CO)C(F)(F)F. The van der Waals surface area contributed by atoms with Crippen molar-refractivity contribution in [3.8, 4) is 0 Å². The van der Waals surface area contributed by atoms with Crippen molar-refractivity contribution in [2.75, 3.05) is 19.7 Å². The quantitative estimate of drug-likeness (QED) is 0.877. The summed E-state index contributed by atoms with van der Waals surface area (Å²) in [5, 5.41) is 11.2. The van der Waals surface area contributed by atoms with Gasteiger partial charge in [0.25, 0.3) is 0 Å². The van der Waals surface area contributed by atoms with Crippen LogP contribution in [0.2, 0.25) is 0 Å². The minimum absolute atomic E-state index is 0.256. The van der Waals surface area contributed by atoms with E-state index in [0.717, 1.165) is 5.56 Å². The minimum Gasteiger partial charge on any atom is -0.396 e. The molecule has 1 saturated heterocycles. The molecule has 0 saturated carbocycles. The smallest absolute Gasteiger partial charge is 0.396 e. The predicted octanol–water partition coefficient (Wildman–Crippen LogP) is 1.16. The van der Waals surface area contributed by atoms with Gasteiger partial charge in [-0.2, -0.15) is 13.2 Å². The molecule has 2 rings (SSSR count). The lowest BCUT2D eigenvalue weighted by Crippen LogP contribution is -2.47. The number of carbonyl (C=O) groups excluding carboxylic acids is 1. The Kier molecular flexibility index (Phi) is 4.84. The van der Waals surface area contributed by atoms with Gasteiger partial charge in [-0.05, 0) is 5.56 Å². The molecule has 0 aliphatic carbocycles. The normalized spacial score (nSPS) is 23.2. The number of aliphatic hydroxyl groups is 1. The molecule has 1 heterocycles. The number of benzene rings is 1. The fraction of sp³-hybridized carbons (Fsp3) is 0.500. The Morgan fingerprint density at radius 1 is 1.29 bits per heavy atom. The first-order valence-corrected chi connectivity index (χ1v) is 6.65. The number of amides is 1. The van der Waals surface area contributed by atoms with E-state index >= 15 is 0 Å². The molecular weight excluding hydrogens is 285 g/mol. The number of rotatable bonds is 4. The number of nitrogens with zero attached hydrogens (tertiary/aromatic N) is 1. The molecule has 2 atom stereocenters. The van der Waals surface area contributed by atoms with Crippen molar-refractivity contribution in [3.05, 3.63) is 35.9 Å². The van der Waals surface area contributed by atoms with Gasteiger partial charge in [0.05, 0.1) is 0 Å². The highest BCUT2D eigenvalue weighted by molar-refractivity contribution is 5.82. The van der Waals surface area contributed by atoms with E-state index in [-0.39, 0.29) is 12.5 Å². The molecule has 1 aromatic carbocycles. The highest BCUT2D eigenvalue weighted by Gasteiger charge is 2.42. The molecule has 4 nitrogen and oxygen atoms in total. The molecule has 1 amide bonds. The van der Waals surface area contributed by atoms with Gasteiger partial charge in [-0.15, -0.1) is 0 Å². The van der Waals surface area contributed by atoms with Crippen molar-refractivity contribution >= 4 is 5.91 Å². The van der Waals surface area contributed by atoms with Gasteiger partial charge in [0.2, 0.25) is 0 Å². The summed E-state index contributed by atoms with van der Waals surface area (Å²) in [7, 11) is 0. The lowest BCUT2D eigenvalue weighted by molar-refractivity contribution is -0.174. The van der Waals surface area contributed by atoms with Gasteiger partial charge in [0.1, 0.15) is 0 Å². The van der Waals surface area contributed by atoms with Crippen LogP contribution >= 0.6 is 0 Å². The molecule has 116 valence electrons. The number of likely N-dealkylation sites (tertiary alicyclic amines) is 1. The van der Waals surface area contributed by atoms with Gasteiger partial charge in [0, 0.05) is 38.2 Å². The standard InChI is InChI=1S/C14H17F3N2O2/c15-14(16,17)13(21)18-12-8-19(7-11(12)9-20)6-10-4-2-1-3-5-10/h1-5,11-12,20H,6-9H2,(H,18,21)/t11-,12?/m1/s1. The number of halogens is 3. The van der Waals surface area contributed by atoms with Crippen LogP contribution in [0.1, 0.15) is 5.56 Å². The molecule has 21 heavy (non-hydrogen) atoms. The first kappa shape index (κ1) is 15.8. The molecule has 1 unspecified atom stereocenters. The fourth-order valence-corrected chi connectivity index (χ4v) is 2.53. The largest absolute Gasteiger partial charge is 0.471 e. The average molecular weight is 302 g/mol. The van der Waals surface area contributed by atoms with Gasteiger partial charge in [0.15, 0.2) is 0 Å². The van der Waals surface area contributed by atoms with Crippen LogP contribution in [0.15, 0.2) is 30.3 Å². The van der Waals surface area contributed by atoms with E-state index in [9.17, 15) is 23.1 Å². The lowest BCUT2D eigenvalue weighted by atomic mass is 10.1. The number of carbonyl (C=O) groups is 1. The van der Waals surface area contributed by atoms with Crippen LogP contribution in [0.25, 0.3) is 0 Å². The Balaban J connectivity index is 1.96. The fourth-order valence-electron chi connectivity index (χ4n) is 2.53. The zero-order valence-corrected chi connectivity index (χ0v) is 11.3. The molecule has 0 bridgehead atoms. The van der Waals surface area contributed by atoms with Crippen LogP contribution in [0.4, 0.5) is 13.2 Å². The van der Waals surface area contributed by atoms with Crippen LogP contribution in [0, 0.1) is 5.92 Å². The number of aliphatic hydroxyl groups excluding tert-OH is 1. The Morgan fingerprint density at radius 2 is 1.95 bits per heavy atom. The summed E-state index contributed by atoms with van der Waals surface area (Å²) in [6.45, 7) is 1.07. The Bertz CT molecular complexity index is 479. The van der Waals surface area contributed by atoms with Crippen LogP contribution in [-0.2, 0) is 11.3 Å². The molecule has 1 fully saturated rings. The minimum atomic E-state index is -4.90. The van der Waals surface area contributed by atoms with Crippen LogP contribution in [-0.4, -0.2) is 47.8 Å². The summed E-state index contributed by atoms with van der Waals surface area (Å²) in [4.78, 5) is 12.9. The van der Waals surface area contributed by atoms with E-state index in [0.29, 0.717) is 19.6 Å². The van der Waals surface area contributed by atoms with Gasteiger partial charge in [-0.25, -0.2) is 0 Å². The van der Waals surface area contributed by atoms with E-state index < -0.39 is 18.1 Å². The Labute approximate surface area is 120 Å². The van der Waals surface area contributed by atoms with Crippen molar-refractivity contribution in [2.45, 2.75) is 18.8 Å². The molecule has 1 aliphatic rings. The summed E-state index contributed by atoms with van der Waals surface area (Å²) >= 11 is 0. The van der Waals surface area contributed by atoms with E-state index in [2.05, 4.69) is 0 Å². The highest BCUT2D eigenvalue weighted by atomic mass is 19.4. The third kappa shape index (κ3) is 4.18. The topological polar surface area (TPSA) is 52.6 Å². The zero-order chi connectivity index (χ0) is 15.5.